The third-order valence-electron chi connectivity index (χ3n) is 7.47. The number of rotatable bonds is 18. The Kier molecular flexibility index (Phi) is 17.1. The number of aliphatic hydroxyl groups excluding tert-OH is 1. The van der Waals surface area contributed by atoms with Gasteiger partial charge in [-0.05, 0) is 61.6 Å². The SMILES string of the molecule is CCC(CC)(CC)C(=O)NCC(O)C(N)CC(Cc1ccc(OC)c(OCCCOC)c1)C(C)C.Cl. The molecular weight excluding hydrogens is 480 g/mol. The Morgan fingerprint density at radius 2 is 1.72 bits per heavy atom. The summed E-state index contributed by atoms with van der Waals surface area (Å²) >= 11 is 0. The van der Waals surface area contributed by atoms with Crippen LogP contribution in [0.3, 0.4) is 0 Å². The highest BCUT2D eigenvalue weighted by Crippen LogP contribution is 2.32. The van der Waals surface area contributed by atoms with E-state index in [1.165, 1.54) is 0 Å². The molecule has 1 amide bonds. The van der Waals surface area contributed by atoms with Crippen LogP contribution in [-0.4, -0.2) is 57.1 Å². The van der Waals surface area contributed by atoms with Crippen LogP contribution < -0.4 is 20.5 Å². The fourth-order valence-corrected chi connectivity index (χ4v) is 4.51. The summed E-state index contributed by atoms with van der Waals surface area (Å²) in [6.45, 7) is 11.8. The Balaban J connectivity index is 0.0000122. The third-order valence-corrected chi connectivity index (χ3v) is 7.47. The molecule has 7 nitrogen and oxygen atoms in total. The van der Waals surface area contributed by atoms with Crippen LogP contribution in [0.5, 0.6) is 11.5 Å². The number of nitrogens with two attached hydrogens (primary N) is 1. The van der Waals surface area contributed by atoms with Gasteiger partial charge in [-0.3, -0.25) is 4.79 Å². The van der Waals surface area contributed by atoms with Crippen molar-refractivity contribution in [3.05, 3.63) is 23.8 Å². The maximum absolute atomic E-state index is 12.8. The van der Waals surface area contributed by atoms with Crippen LogP contribution in [-0.2, 0) is 16.0 Å². The molecule has 0 saturated carbocycles. The molecule has 0 aliphatic heterocycles. The van der Waals surface area contributed by atoms with Crippen molar-refractivity contribution in [2.45, 2.75) is 85.3 Å². The van der Waals surface area contributed by atoms with Gasteiger partial charge in [0.1, 0.15) is 0 Å². The molecule has 3 unspecified atom stereocenters. The van der Waals surface area contributed by atoms with Gasteiger partial charge < -0.3 is 30.4 Å². The summed E-state index contributed by atoms with van der Waals surface area (Å²) in [6, 6.07) is 5.59. The fourth-order valence-electron chi connectivity index (χ4n) is 4.51. The predicted octanol–water partition coefficient (Wildman–Crippen LogP) is 4.76. The van der Waals surface area contributed by atoms with Crippen molar-refractivity contribution in [3.8, 4) is 11.5 Å². The number of hydrogen-bond donors (Lipinski definition) is 3. The Hall–Kier alpha value is -1.54. The van der Waals surface area contributed by atoms with E-state index in [-0.39, 0.29) is 36.2 Å². The van der Waals surface area contributed by atoms with E-state index < -0.39 is 12.1 Å². The average molecular weight is 531 g/mol. The van der Waals surface area contributed by atoms with Gasteiger partial charge in [0.15, 0.2) is 11.5 Å². The van der Waals surface area contributed by atoms with Crippen LogP contribution in [0, 0.1) is 17.3 Å². The molecule has 0 aromatic heterocycles. The molecule has 1 aromatic carbocycles. The molecular formula is C28H51ClN2O5. The summed E-state index contributed by atoms with van der Waals surface area (Å²) in [5, 5.41) is 13.7. The maximum atomic E-state index is 12.8. The smallest absolute Gasteiger partial charge is 0.226 e. The second-order valence-electron chi connectivity index (χ2n) is 9.91. The normalized spacial score (nSPS) is 14.1. The molecule has 1 rings (SSSR count). The largest absolute Gasteiger partial charge is 0.493 e. The number of aliphatic hydroxyl groups is 1. The molecule has 0 radical (unpaired) electrons. The quantitative estimate of drug-likeness (QED) is 0.236. The molecule has 1 aromatic rings. The van der Waals surface area contributed by atoms with Gasteiger partial charge in [0.25, 0.3) is 0 Å². The van der Waals surface area contributed by atoms with Crippen molar-refractivity contribution in [3.63, 3.8) is 0 Å². The number of hydrogen-bond acceptors (Lipinski definition) is 6. The lowest BCUT2D eigenvalue weighted by atomic mass is 9.79. The van der Waals surface area contributed by atoms with Crippen molar-refractivity contribution in [2.75, 3.05) is 34.0 Å². The monoisotopic (exact) mass is 530 g/mol. The molecule has 36 heavy (non-hydrogen) atoms. The maximum Gasteiger partial charge on any atom is 0.226 e. The first kappa shape index (κ1) is 34.5. The molecule has 210 valence electrons. The first-order valence-electron chi connectivity index (χ1n) is 13.2. The molecule has 0 bridgehead atoms. The van der Waals surface area contributed by atoms with Gasteiger partial charge in [0, 0.05) is 38.1 Å². The topological polar surface area (TPSA) is 103 Å². The van der Waals surface area contributed by atoms with E-state index >= 15 is 0 Å². The van der Waals surface area contributed by atoms with Crippen molar-refractivity contribution in [1.29, 1.82) is 0 Å². The molecule has 0 saturated heterocycles. The van der Waals surface area contributed by atoms with Crippen molar-refractivity contribution in [2.24, 2.45) is 23.0 Å². The number of carbonyl (C=O) groups is 1. The summed E-state index contributed by atoms with van der Waals surface area (Å²) in [6.07, 6.45) is 3.82. The molecule has 0 aliphatic rings. The number of benzene rings is 1. The zero-order chi connectivity index (χ0) is 26.4. The van der Waals surface area contributed by atoms with E-state index in [2.05, 4.69) is 25.2 Å². The number of methoxy groups -OCH3 is 2. The summed E-state index contributed by atoms with van der Waals surface area (Å²) in [5.74, 6) is 2.09. The van der Waals surface area contributed by atoms with Gasteiger partial charge in [-0.25, -0.2) is 0 Å². The van der Waals surface area contributed by atoms with Crippen LogP contribution in [0.1, 0.15) is 72.3 Å². The summed E-state index contributed by atoms with van der Waals surface area (Å²) in [4.78, 5) is 12.8. The van der Waals surface area contributed by atoms with Gasteiger partial charge in [0.05, 0.1) is 19.8 Å². The molecule has 4 N–H and O–H groups in total. The van der Waals surface area contributed by atoms with Crippen molar-refractivity contribution in [1.82, 2.24) is 5.32 Å². The van der Waals surface area contributed by atoms with E-state index in [0.29, 0.717) is 31.3 Å². The highest BCUT2D eigenvalue weighted by atomic mass is 35.5. The summed E-state index contributed by atoms with van der Waals surface area (Å²) in [7, 11) is 3.32. The number of carbonyl (C=O) groups excluding carboxylic acids is 1. The number of nitrogens with one attached hydrogen (secondary N) is 1. The minimum atomic E-state index is -0.793. The van der Waals surface area contributed by atoms with Crippen LogP contribution in [0.25, 0.3) is 0 Å². The van der Waals surface area contributed by atoms with E-state index in [9.17, 15) is 9.90 Å². The minimum Gasteiger partial charge on any atom is -0.493 e. The molecule has 0 fully saturated rings. The van der Waals surface area contributed by atoms with Crippen molar-refractivity contribution >= 4 is 18.3 Å². The Morgan fingerprint density at radius 3 is 2.25 bits per heavy atom. The number of ether oxygens (including phenoxy) is 3. The highest BCUT2D eigenvalue weighted by molar-refractivity contribution is 5.85. The van der Waals surface area contributed by atoms with Gasteiger partial charge in [-0.1, -0.05) is 40.7 Å². The lowest BCUT2D eigenvalue weighted by molar-refractivity contribution is -0.132. The van der Waals surface area contributed by atoms with Gasteiger partial charge in [-0.15, -0.1) is 12.4 Å². The molecule has 0 heterocycles. The molecule has 0 aliphatic carbocycles. The highest BCUT2D eigenvalue weighted by Gasteiger charge is 2.33. The second-order valence-corrected chi connectivity index (χ2v) is 9.91. The predicted molar refractivity (Wildman–Crippen MR) is 149 cm³/mol. The van der Waals surface area contributed by atoms with E-state index in [1.807, 2.05) is 32.9 Å². The number of halogens is 1. The lowest BCUT2D eigenvalue weighted by Crippen LogP contribution is -2.48. The molecule has 3 atom stereocenters. The van der Waals surface area contributed by atoms with E-state index in [1.54, 1.807) is 14.2 Å². The first-order chi connectivity index (χ1) is 16.7. The van der Waals surface area contributed by atoms with Gasteiger partial charge >= 0.3 is 0 Å². The summed E-state index contributed by atoms with van der Waals surface area (Å²) < 4.78 is 16.5. The van der Waals surface area contributed by atoms with Crippen LogP contribution >= 0.6 is 12.4 Å². The van der Waals surface area contributed by atoms with Crippen molar-refractivity contribution < 1.29 is 24.1 Å². The summed E-state index contributed by atoms with van der Waals surface area (Å²) in [5.41, 5.74) is 7.18. The molecule has 8 heteroatoms. The van der Waals surface area contributed by atoms with Gasteiger partial charge in [-0.2, -0.15) is 0 Å². The second kappa shape index (κ2) is 17.8. The fraction of sp³-hybridized carbons (Fsp3) is 0.750. The van der Waals surface area contributed by atoms with E-state index in [4.69, 9.17) is 19.9 Å². The standard InChI is InChI=1S/C28H50N2O5.ClH/c1-8-28(9-2,10-3)27(32)30-19-24(31)23(29)18-22(20(4)5)16-21-12-13-25(34-7)26(17-21)35-15-11-14-33-6;/h12-13,17,20,22-24,31H,8-11,14-16,18-19,29H2,1-7H3,(H,30,32);1H. The number of amides is 1. The zero-order valence-electron chi connectivity index (χ0n) is 23.5. The Labute approximate surface area is 225 Å². The first-order valence-corrected chi connectivity index (χ1v) is 13.2. The van der Waals surface area contributed by atoms with Crippen LogP contribution in [0.2, 0.25) is 0 Å². The Bertz CT molecular complexity index is 734. The third kappa shape index (κ3) is 10.4. The minimum absolute atomic E-state index is 0. The zero-order valence-corrected chi connectivity index (χ0v) is 24.3. The van der Waals surface area contributed by atoms with E-state index in [0.717, 1.165) is 43.4 Å². The molecule has 0 spiro atoms. The van der Waals surface area contributed by atoms with Gasteiger partial charge in [0.2, 0.25) is 5.91 Å². The Morgan fingerprint density at radius 1 is 1.08 bits per heavy atom. The lowest BCUT2D eigenvalue weighted by Gasteiger charge is -2.31. The van der Waals surface area contributed by atoms with Crippen LogP contribution in [0.4, 0.5) is 0 Å². The average Bonchev–Trinajstić information content (AvgIpc) is 2.86. The van der Waals surface area contributed by atoms with Crippen LogP contribution in [0.15, 0.2) is 18.2 Å².